The third-order valence-corrected chi connectivity index (χ3v) is 2.67. The summed E-state index contributed by atoms with van der Waals surface area (Å²) >= 11 is 0. The van der Waals surface area contributed by atoms with Gasteiger partial charge in [0.15, 0.2) is 0 Å². The van der Waals surface area contributed by atoms with Crippen molar-refractivity contribution in [2.45, 2.75) is 25.8 Å². The minimum Gasteiger partial charge on any atom is -0.341 e. The molecule has 2 N–H and O–H groups in total. The molecule has 6 nitrogen and oxygen atoms in total. The van der Waals surface area contributed by atoms with Crippen LogP contribution in [0.5, 0.6) is 0 Å². The monoisotopic (exact) mass is 227 g/mol. The van der Waals surface area contributed by atoms with Crippen molar-refractivity contribution in [3.05, 3.63) is 0 Å². The number of rotatable bonds is 2. The average molecular weight is 227 g/mol. The van der Waals surface area contributed by atoms with E-state index in [0.717, 1.165) is 6.42 Å². The minimum atomic E-state index is -0.528. The Morgan fingerprint density at radius 1 is 1.44 bits per heavy atom. The number of likely N-dealkylation sites (tertiary alicyclic amines) is 1. The highest BCUT2D eigenvalue weighted by molar-refractivity contribution is 5.97. The van der Waals surface area contributed by atoms with E-state index >= 15 is 0 Å². The third-order valence-electron chi connectivity index (χ3n) is 2.67. The Kier molecular flexibility index (Phi) is 4.42. The summed E-state index contributed by atoms with van der Waals surface area (Å²) in [7, 11) is 1.44. The van der Waals surface area contributed by atoms with Gasteiger partial charge in [-0.3, -0.25) is 19.8 Å². The fraction of sp³-hybridized carbons (Fsp3) is 0.700. The summed E-state index contributed by atoms with van der Waals surface area (Å²) in [5, 5.41) is 4.51. The Morgan fingerprint density at radius 3 is 2.69 bits per heavy atom. The van der Waals surface area contributed by atoms with E-state index in [4.69, 9.17) is 0 Å². The van der Waals surface area contributed by atoms with Crippen LogP contribution in [0.25, 0.3) is 0 Å². The molecule has 1 atom stereocenters. The van der Waals surface area contributed by atoms with Crippen molar-refractivity contribution in [2.24, 2.45) is 0 Å². The molecular formula is C10H17N3O3. The number of amides is 3. The molecule has 1 heterocycles. The zero-order valence-electron chi connectivity index (χ0n) is 9.58. The molecule has 1 unspecified atom stereocenters. The molecule has 0 aromatic rings. The number of Topliss-reactive ketones (excluding diaryl/α,β-unsaturated/α-hetero) is 1. The molecular weight excluding hydrogens is 210 g/mol. The van der Waals surface area contributed by atoms with E-state index in [-0.39, 0.29) is 11.7 Å². The highest BCUT2D eigenvalue weighted by Crippen LogP contribution is 2.09. The topological polar surface area (TPSA) is 78.5 Å². The SMILES string of the molecule is CNC(=O)NC(=O)C(C)N1CCCC(=O)C1. The van der Waals surface area contributed by atoms with E-state index in [1.165, 1.54) is 7.05 Å². The summed E-state index contributed by atoms with van der Waals surface area (Å²) in [4.78, 5) is 35.5. The van der Waals surface area contributed by atoms with Gasteiger partial charge in [0.2, 0.25) is 5.91 Å². The summed E-state index contributed by atoms with van der Waals surface area (Å²) in [6.45, 7) is 2.70. The second-order valence-electron chi connectivity index (χ2n) is 3.86. The third kappa shape index (κ3) is 3.30. The molecule has 6 heteroatoms. The van der Waals surface area contributed by atoms with Gasteiger partial charge in [0.05, 0.1) is 12.6 Å². The minimum absolute atomic E-state index is 0.144. The van der Waals surface area contributed by atoms with Crippen LogP contribution in [-0.2, 0) is 9.59 Å². The molecule has 1 rings (SSSR count). The zero-order chi connectivity index (χ0) is 12.1. The number of nitrogens with one attached hydrogen (secondary N) is 2. The smallest absolute Gasteiger partial charge is 0.321 e. The molecule has 0 radical (unpaired) electrons. The van der Waals surface area contributed by atoms with Crippen molar-refractivity contribution in [1.82, 2.24) is 15.5 Å². The van der Waals surface area contributed by atoms with E-state index in [9.17, 15) is 14.4 Å². The lowest BCUT2D eigenvalue weighted by atomic mass is 10.1. The fourth-order valence-electron chi connectivity index (χ4n) is 1.64. The number of piperidine rings is 1. The van der Waals surface area contributed by atoms with Gasteiger partial charge in [-0.1, -0.05) is 0 Å². The van der Waals surface area contributed by atoms with Gasteiger partial charge in [0, 0.05) is 13.5 Å². The predicted octanol–water partition coefficient (Wildman–Crippen LogP) is -0.505. The molecule has 3 amide bonds. The largest absolute Gasteiger partial charge is 0.341 e. The number of hydrogen-bond acceptors (Lipinski definition) is 4. The van der Waals surface area contributed by atoms with E-state index in [2.05, 4.69) is 10.6 Å². The van der Waals surface area contributed by atoms with E-state index in [1.54, 1.807) is 11.8 Å². The van der Waals surface area contributed by atoms with Crippen molar-refractivity contribution in [3.8, 4) is 0 Å². The lowest BCUT2D eigenvalue weighted by Crippen LogP contribution is -2.51. The number of hydrogen-bond donors (Lipinski definition) is 2. The Morgan fingerprint density at radius 2 is 2.12 bits per heavy atom. The van der Waals surface area contributed by atoms with E-state index in [0.29, 0.717) is 19.5 Å². The van der Waals surface area contributed by atoms with Crippen LogP contribution >= 0.6 is 0 Å². The summed E-state index contributed by atoms with van der Waals surface area (Å²) in [5.74, 6) is -0.236. The van der Waals surface area contributed by atoms with Crippen molar-refractivity contribution >= 4 is 17.7 Å². The molecule has 0 bridgehead atoms. The van der Waals surface area contributed by atoms with Crippen LogP contribution in [0.1, 0.15) is 19.8 Å². The van der Waals surface area contributed by atoms with Gasteiger partial charge in [0.1, 0.15) is 5.78 Å². The number of imide groups is 1. The average Bonchev–Trinajstić information content (AvgIpc) is 2.27. The molecule has 0 aromatic carbocycles. The molecule has 1 fully saturated rings. The van der Waals surface area contributed by atoms with Crippen LogP contribution < -0.4 is 10.6 Å². The maximum absolute atomic E-state index is 11.6. The molecule has 0 spiro atoms. The van der Waals surface area contributed by atoms with Crippen LogP contribution in [0.3, 0.4) is 0 Å². The van der Waals surface area contributed by atoms with Crippen molar-refractivity contribution in [1.29, 1.82) is 0 Å². The van der Waals surface area contributed by atoms with Gasteiger partial charge in [-0.2, -0.15) is 0 Å². The van der Waals surface area contributed by atoms with Crippen molar-refractivity contribution < 1.29 is 14.4 Å². The highest BCUT2D eigenvalue weighted by atomic mass is 16.2. The van der Waals surface area contributed by atoms with E-state index < -0.39 is 12.1 Å². The lowest BCUT2D eigenvalue weighted by molar-refractivity contribution is -0.128. The van der Waals surface area contributed by atoms with Crippen LogP contribution in [-0.4, -0.2) is 48.8 Å². The highest BCUT2D eigenvalue weighted by Gasteiger charge is 2.26. The van der Waals surface area contributed by atoms with Crippen LogP contribution in [0.2, 0.25) is 0 Å². The summed E-state index contributed by atoms with van der Waals surface area (Å²) in [6.07, 6.45) is 1.36. The maximum Gasteiger partial charge on any atom is 0.321 e. The summed E-state index contributed by atoms with van der Waals surface area (Å²) < 4.78 is 0. The fourth-order valence-corrected chi connectivity index (χ4v) is 1.64. The van der Waals surface area contributed by atoms with Gasteiger partial charge >= 0.3 is 6.03 Å². The first-order valence-electron chi connectivity index (χ1n) is 5.33. The number of nitrogens with zero attached hydrogens (tertiary/aromatic N) is 1. The summed E-state index contributed by atoms with van der Waals surface area (Å²) in [6, 6.07) is -0.985. The maximum atomic E-state index is 11.6. The van der Waals surface area contributed by atoms with E-state index in [1.807, 2.05) is 0 Å². The number of carbonyl (C=O) groups is 3. The number of urea groups is 1. The van der Waals surface area contributed by atoms with Crippen LogP contribution in [0.15, 0.2) is 0 Å². The molecule has 1 aliphatic heterocycles. The van der Waals surface area contributed by atoms with Crippen LogP contribution in [0.4, 0.5) is 4.79 Å². The van der Waals surface area contributed by atoms with Gasteiger partial charge in [-0.05, 0) is 19.9 Å². The van der Waals surface area contributed by atoms with Gasteiger partial charge in [-0.15, -0.1) is 0 Å². The zero-order valence-corrected chi connectivity index (χ0v) is 9.58. The molecule has 16 heavy (non-hydrogen) atoms. The molecule has 0 saturated carbocycles. The Bertz CT molecular complexity index is 304. The molecule has 0 aliphatic carbocycles. The van der Waals surface area contributed by atoms with Gasteiger partial charge < -0.3 is 5.32 Å². The Balaban J connectivity index is 2.49. The molecule has 0 aromatic heterocycles. The standard InChI is InChI=1S/C10H17N3O3/c1-7(9(15)12-10(16)11-2)13-5-3-4-8(14)6-13/h7H,3-6H2,1-2H3,(H2,11,12,15,16). The Hall–Kier alpha value is -1.43. The second kappa shape index (κ2) is 5.60. The Labute approximate surface area is 94.4 Å². The predicted molar refractivity (Wildman–Crippen MR) is 57.9 cm³/mol. The number of carbonyl (C=O) groups excluding carboxylic acids is 3. The first kappa shape index (κ1) is 12.6. The summed E-state index contributed by atoms with van der Waals surface area (Å²) in [5.41, 5.74) is 0. The lowest BCUT2D eigenvalue weighted by Gasteiger charge is -2.30. The number of ketones is 1. The second-order valence-corrected chi connectivity index (χ2v) is 3.86. The first-order valence-corrected chi connectivity index (χ1v) is 5.33. The molecule has 1 saturated heterocycles. The van der Waals surface area contributed by atoms with Gasteiger partial charge in [-0.25, -0.2) is 4.79 Å². The first-order chi connectivity index (χ1) is 7.54. The van der Waals surface area contributed by atoms with Crippen molar-refractivity contribution in [3.63, 3.8) is 0 Å². The molecule has 1 aliphatic rings. The quantitative estimate of drug-likeness (QED) is 0.666. The molecule has 90 valence electrons. The van der Waals surface area contributed by atoms with Gasteiger partial charge in [0.25, 0.3) is 0 Å². The van der Waals surface area contributed by atoms with Crippen molar-refractivity contribution in [2.75, 3.05) is 20.1 Å². The normalized spacial score (nSPS) is 19.0. The van der Waals surface area contributed by atoms with Crippen LogP contribution in [0, 0.1) is 0 Å².